The number of hydrazone groups is 1. The normalized spacial score (nSPS) is 11.0. The molecule has 0 aliphatic carbocycles. The van der Waals surface area contributed by atoms with Crippen molar-refractivity contribution in [3.63, 3.8) is 0 Å². The fourth-order valence-corrected chi connectivity index (χ4v) is 2.41. The maximum atomic E-state index is 11.1. The van der Waals surface area contributed by atoms with Crippen LogP contribution in [0.5, 0.6) is 0 Å². The predicted octanol–water partition coefficient (Wildman–Crippen LogP) is 2.41. The first-order valence-electron chi connectivity index (χ1n) is 6.99. The first-order valence-corrected chi connectivity index (χ1v) is 6.99. The van der Waals surface area contributed by atoms with Gasteiger partial charge in [0.1, 0.15) is 6.29 Å². The summed E-state index contributed by atoms with van der Waals surface area (Å²) in [7, 11) is 1.69. The maximum absolute atomic E-state index is 11.1. The summed E-state index contributed by atoms with van der Waals surface area (Å²) in [5, 5.41) is 12.1. The van der Waals surface area contributed by atoms with Crippen LogP contribution in [0.1, 0.15) is 26.3 Å². The lowest BCUT2D eigenvalue weighted by atomic mass is 10.0. The second kappa shape index (κ2) is 6.23. The average Bonchev–Trinajstić information content (AvgIpc) is 3.02. The quantitative estimate of drug-likeness (QED) is 0.430. The molecule has 0 fully saturated rings. The van der Waals surface area contributed by atoms with E-state index in [0.29, 0.717) is 16.7 Å². The molecule has 0 radical (unpaired) electrons. The minimum atomic E-state index is 0.552. The largest absolute Gasteiger partial charge is 0.313 e. The summed E-state index contributed by atoms with van der Waals surface area (Å²) in [5.41, 5.74) is 6.91. The van der Waals surface area contributed by atoms with E-state index in [-0.39, 0.29) is 0 Å². The molecule has 3 aromatic rings. The molecule has 0 aliphatic rings. The highest BCUT2D eigenvalue weighted by Crippen LogP contribution is 2.27. The molecule has 0 atom stereocenters. The zero-order valence-corrected chi connectivity index (χ0v) is 12.4. The lowest BCUT2D eigenvalue weighted by Gasteiger charge is -2.03. The monoisotopic (exact) mass is 306 g/mol. The van der Waals surface area contributed by atoms with E-state index in [0.717, 1.165) is 34.7 Å². The molecule has 1 heterocycles. The van der Waals surface area contributed by atoms with Crippen molar-refractivity contribution >= 4 is 29.7 Å². The van der Waals surface area contributed by atoms with E-state index < -0.39 is 0 Å². The van der Waals surface area contributed by atoms with Gasteiger partial charge in [0.25, 0.3) is 0 Å². The predicted molar refractivity (Wildman–Crippen MR) is 89.0 cm³/mol. The minimum Gasteiger partial charge on any atom is -0.313 e. The fraction of sp³-hybridized carbons (Fsp3) is 0.0588. The van der Waals surface area contributed by atoms with Crippen LogP contribution in [0.3, 0.4) is 0 Å². The second-order valence-electron chi connectivity index (χ2n) is 4.94. The van der Waals surface area contributed by atoms with E-state index in [9.17, 15) is 9.59 Å². The van der Waals surface area contributed by atoms with Gasteiger partial charge >= 0.3 is 0 Å². The Labute approximate surface area is 132 Å². The van der Waals surface area contributed by atoms with Crippen molar-refractivity contribution in [2.24, 2.45) is 5.10 Å². The number of rotatable bonds is 5. The van der Waals surface area contributed by atoms with E-state index in [4.69, 9.17) is 0 Å². The van der Waals surface area contributed by atoms with Gasteiger partial charge in [-0.1, -0.05) is 18.2 Å². The van der Waals surface area contributed by atoms with Gasteiger partial charge in [-0.25, -0.2) is 0 Å². The summed E-state index contributed by atoms with van der Waals surface area (Å²) in [6.45, 7) is 0. The number of hydrogen-bond acceptors (Lipinski definition) is 5. The van der Waals surface area contributed by atoms with Crippen LogP contribution in [0.2, 0.25) is 0 Å². The van der Waals surface area contributed by atoms with E-state index >= 15 is 0 Å². The summed E-state index contributed by atoms with van der Waals surface area (Å²) >= 11 is 0. The van der Waals surface area contributed by atoms with Crippen LogP contribution < -0.4 is 5.43 Å². The van der Waals surface area contributed by atoms with Gasteiger partial charge in [-0.3, -0.25) is 14.7 Å². The van der Waals surface area contributed by atoms with Gasteiger partial charge < -0.3 is 5.43 Å². The molecule has 6 nitrogen and oxygen atoms in total. The number of benzene rings is 2. The van der Waals surface area contributed by atoms with Crippen LogP contribution in [0.4, 0.5) is 0 Å². The van der Waals surface area contributed by atoms with Gasteiger partial charge in [0.05, 0.1) is 17.4 Å². The number of H-pyrrole nitrogens is 1. The molecule has 114 valence electrons. The molecule has 0 bridgehead atoms. The summed E-state index contributed by atoms with van der Waals surface area (Å²) in [5.74, 6) is 0. The van der Waals surface area contributed by atoms with Gasteiger partial charge in [0, 0.05) is 34.7 Å². The Balaban J connectivity index is 2.13. The van der Waals surface area contributed by atoms with Crippen LogP contribution in [0, 0.1) is 0 Å². The van der Waals surface area contributed by atoms with Crippen LogP contribution in [0.25, 0.3) is 22.2 Å². The number of carbonyl (C=O) groups excluding carboxylic acids is 2. The van der Waals surface area contributed by atoms with Crippen LogP contribution >= 0.6 is 0 Å². The van der Waals surface area contributed by atoms with Gasteiger partial charge in [-0.05, 0) is 18.2 Å². The van der Waals surface area contributed by atoms with Crippen molar-refractivity contribution in [2.75, 3.05) is 7.05 Å². The van der Waals surface area contributed by atoms with Crippen LogP contribution in [-0.4, -0.2) is 36.0 Å². The van der Waals surface area contributed by atoms with Gasteiger partial charge in [0.2, 0.25) is 0 Å². The highest BCUT2D eigenvalue weighted by atomic mass is 16.1. The number of nitrogens with one attached hydrogen (secondary N) is 2. The molecule has 2 aromatic carbocycles. The van der Waals surface area contributed by atoms with Crippen molar-refractivity contribution in [1.29, 1.82) is 0 Å². The minimum absolute atomic E-state index is 0.552. The molecule has 0 amide bonds. The Hall–Kier alpha value is -3.28. The number of fused-ring (bicyclic) bond motifs is 1. The topological polar surface area (TPSA) is 87.2 Å². The highest BCUT2D eigenvalue weighted by molar-refractivity contribution is 5.98. The number of hydrogen-bond donors (Lipinski definition) is 2. The highest BCUT2D eigenvalue weighted by Gasteiger charge is 2.10. The number of nitrogens with zero attached hydrogens (tertiary/aromatic N) is 2. The number of aromatic nitrogens is 2. The van der Waals surface area contributed by atoms with Gasteiger partial charge in [-0.15, -0.1) is 0 Å². The van der Waals surface area contributed by atoms with Crippen molar-refractivity contribution in [1.82, 2.24) is 15.6 Å². The molecule has 0 spiro atoms. The molecule has 2 N–H and O–H groups in total. The van der Waals surface area contributed by atoms with Crippen molar-refractivity contribution in [3.05, 3.63) is 53.1 Å². The molecule has 23 heavy (non-hydrogen) atoms. The van der Waals surface area contributed by atoms with Crippen LogP contribution in [-0.2, 0) is 0 Å². The Morgan fingerprint density at radius 3 is 2.70 bits per heavy atom. The first-order chi connectivity index (χ1) is 11.3. The van der Waals surface area contributed by atoms with Crippen molar-refractivity contribution in [2.45, 2.75) is 0 Å². The molecule has 0 unspecified atom stereocenters. The Morgan fingerprint density at radius 1 is 1.09 bits per heavy atom. The smallest absolute Gasteiger partial charge is 0.150 e. The Kier molecular flexibility index (Phi) is 3.97. The fourth-order valence-electron chi connectivity index (χ4n) is 2.41. The van der Waals surface area contributed by atoms with E-state index in [1.54, 1.807) is 31.5 Å². The van der Waals surface area contributed by atoms with Gasteiger partial charge in [0.15, 0.2) is 6.29 Å². The molecule has 1 aromatic heterocycles. The standard InChI is InChI=1S/C17H14N4O2/c1-18-19-8-14-7-12(3-4-13(14)10-23)17-15-5-2-11(9-22)6-16(15)20-21-17/h2-10,18H,1H3,(H,20,21)/b19-8-. The average molecular weight is 306 g/mol. The summed E-state index contributed by atoms with van der Waals surface area (Å²) in [6.07, 6.45) is 3.18. The summed E-state index contributed by atoms with van der Waals surface area (Å²) in [4.78, 5) is 22.0. The van der Waals surface area contributed by atoms with E-state index in [1.807, 2.05) is 18.2 Å². The van der Waals surface area contributed by atoms with Crippen molar-refractivity contribution in [3.8, 4) is 11.3 Å². The van der Waals surface area contributed by atoms with Crippen molar-refractivity contribution < 1.29 is 9.59 Å². The second-order valence-corrected chi connectivity index (χ2v) is 4.94. The third kappa shape index (κ3) is 2.74. The maximum Gasteiger partial charge on any atom is 0.150 e. The third-order valence-corrected chi connectivity index (χ3v) is 3.54. The molecule has 0 aliphatic heterocycles. The number of aldehydes is 2. The lowest BCUT2D eigenvalue weighted by Crippen LogP contribution is -1.98. The van der Waals surface area contributed by atoms with Gasteiger partial charge in [-0.2, -0.15) is 10.2 Å². The van der Waals surface area contributed by atoms with Crippen LogP contribution in [0.15, 0.2) is 41.5 Å². The summed E-state index contributed by atoms with van der Waals surface area (Å²) in [6, 6.07) is 10.8. The number of carbonyl (C=O) groups is 2. The van der Waals surface area contributed by atoms with E-state index in [2.05, 4.69) is 20.7 Å². The molecule has 0 saturated carbocycles. The lowest BCUT2D eigenvalue weighted by molar-refractivity contribution is 0.111. The summed E-state index contributed by atoms with van der Waals surface area (Å²) < 4.78 is 0. The van der Waals surface area contributed by atoms with E-state index in [1.165, 1.54) is 0 Å². The molecular weight excluding hydrogens is 292 g/mol. The molecular formula is C17H14N4O2. The molecule has 3 rings (SSSR count). The Bertz CT molecular complexity index is 912. The Morgan fingerprint density at radius 2 is 1.96 bits per heavy atom. The zero-order valence-electron chi connectivity index (χ0n) is 12.4. The number of aromatic amines is 1. The molecule has 0 saturated heterocycles. The SMILES string of the molecule is CN/N=C\c1cc(-c2n[nH]c3cc(C=O)ccc23)ccc1C=O. The third-order valence-electron chi connectivity index (χ3n) is 3.54. The zero-order chi connectivity index (χ0) is 16.2. The first kappa shape index (κ1) is 14.6. The molecule has 6 heteroatoms.